The normalized spacial score (nSPS) is 11.8. The van der Waals surface area contributed by atoms with E-state index in [9.17, 15) is 4.79 Å². The Morgan fingerprint density at radius 3 is 2.16 bits per heavy atom. The lowest BCUT2D eigenvalue weighted by molar-refractivity contribution is -0.132. The largest absolute Gasteiger partial charge is 0.477 e. The number of unbranched alkanes of at least 4 members (excludes halogenated alkanes) is 8. The smallest absolute Gasteiger partial charge is 0.346 e. The van der Waals surface area contributed by atoms with E-state index in [1.807, 2.05) is 30.3 Å². The molecule has 3 aromatic rings. The molecule has 0 atom stereocenters. The Labute approximate surface area is 189 Å². The number of aromatic nitrogens is 1. The zero-order valence-electron chi connectivity index (χ0n) is 18.6. The summed E-state index contributed by atoms with van der Waals surface area (Å²) < 4.78 is 2.36. The maximum atomic E-state index is 11.2. The molecule has 5 heteroatoms. The molecule has 0 amide bonds. The van der Waals surface area contributed by atoms with Crippen molar-refractivity contribution in [1.29, 1.82) is 5.26 Å². The number of fused-ring (bicyclic) bond motifs is 3. The van der Waals surface area contributed by atoms with Gasteiger partial charge in [0.1, 0.15) is 11.6 Å². The van der Waals surface area contributed by atoms with E-state index in [1.165, 1.54) is 50.1 Å². The van der Waals surface area contributed by atoms with Gasteiger partial charge in [-0.05, 0) is 42.7 Å². The fourth-order valence-electron chi connectivity index (χ4n) is 4.33. The van der Waals surface area contributed by atoms with Gasteiger partial charge in [-0.3, -0.25) is 0 Å². The monoisotopic (exact) mass is 432 g/mol. The third-order valence-corrected chi connectivity index (χ3v) is 6.00. The van der Waals surface area contributed by atoms with E-state index in [0.29, 0.717) is 6.61 Å². The van der Waals surface area contributed by atoms with Crippen molar-refractivity contribution in [2.24, 2.45) is 0 Å². The van der Waals surface area contributed by atoms with Gasteiger partial charge in [-0.15, -0.1) is 0 Å². The van der Waals surface area contributed by atoms with Crippen LogP contribution in [0.5, 0.6) is 0 Å². The number of hydrogen-bond acceptors (Lipinski definition) is 3. The van der Waals surface area contributed by atoms with E-state index in [2.05, 4.69) is 16.7 Å². The number of aliphatic carboxylic acids is 1. The molecule has 2 N–H and O–H groups in total. The van der Waals surface area contributed by atoms with E-state index >= 15 is 0 Å². The van der Waals surface area contributed by atoms with Gasteiger partial charge in [0.2, 0.25) is 0 Å². The van der Waals surface area contributed by atoms with Crippen LogP contribution < -0.4 is 0 Å². The lowest BCUT2D eigenvalue weighted by Gasteiger charge is -2.08. The highest BCUT2D eigenvalue weighted by Gasteiger charge is 2.12. The Kier molecular flexibility index (Phi) is 8.89. The standard InChI is InChI=1S/C27H32N2O3/c28-20-22(27(31)32)18-21-14-15-26-24(19-21)23-12-8-9-13-25(23)29(26)16-10-6-4-2-1-3-5-7-11-17-30/h8-9,12-15,18-19,30H,1-7,10-11,16-17H2,(H,31,32)/b22-18-. The van der Waals surface area contributed by atoms with E-state index in [1.54, 1.807) is 6.07 Å². The Hall–Kier alpha value is -3.10. The molecular weight excluding hydrogens is 400 g/mol. The second kappa shape index (κ2) is 12.1. The molecule has 0 aliphatic heterocycles. The topological polar surface area (TPSA) is 86.3 Å². The molecule has 168 valence electrons. The molecule has 0 bridgehead atoms. The maximum Gasteiger partial charge on any atom is 0.346 e. The van der Waals surface area contributed by atoms with Crippen LogP contribution in [0.1, 0.15) is 63.4 Å². The quantitative estimate of drug-likeness (QED) is 0.189. The number of aryl methyl sites for hydroxylation is 1. The predicted octanol–water partition coefficient (Wildman–Crippen LogP) is 6.29. The molecule has 3 rings (SSSR count). The van der Waals surface area contributed by atoms with Gasteiger partial charge in [-0.1, -0.05) is 69.2 Å². The predicted molar refractivity (Wildman–Crippen MR) is 129 cm³/mol. The molecule has 5 nitrogen and oxygen atoms in total. The first kappa shape index (κ1) is 23.6. The Morgan fingerprint density at radius 1 is 0.875 bits per heavy atom. The van der Waals surface area contributed by atoms with Gasteiger partial charge >= 0.3 is 5.97 Å². The number of benzene rings is 2. The highest BCUT2D eigenvalue weighted by Crippen LogP contribution is 2.30. The van der Waals surface area contributed by atoms with Crippen molar-refractivity contribution in [1.82, 2.24) is 4.57 Å². The van der Waals surface area contributed by atoms with Gasteiger partial charge in [0, 0.05) is 35.0 Å². The van der Waals surface area contributed by atoms with Gasteiger partial charge in [-0.2, -0.15) is 5.26 Å². The lowest BCUT2D eigenvalue weighted by atomic mass is 10.1. The van der Waals surface area contributed by atoms with Crippen LogP contribution in [0.3, 0.4) is 0 Å². The minimum atomic E-state index is -1.21. The molecule has 0 fully saturated rings. The van der Waals surface area contributed by atoms with Crippen LogP contribution in [-0.2, 0) is 11.3 Å². The van der Waals surface area contributed by atoms with Gasteiger partial charge in [0.25, 0.3) is 0 Å². The number of hydrogen-bond donors (Lipinski definition) is 2. The minimum absolute atomic E-state index is 0.263. The third-order valence-electron chi connectivity index (χ3n) is 6.00. The van der Waals surface area contributed by atoms with Crippen molar-refractivity contribution in [3.05, 3.63) is 53.6 Å². The molecule has 0 radical (unpaired) electrons. The van der Waals surface area contributed by atoms with Crippen molar-refractivity contribution in [3.8, 4) is 6.07 Å². The van der Waals surface area contributed by atoms with Crippen LogP contribution in [0.4, 0.5) is 0 Å². The third kappa shape index (κ3) is 5.99. The minimum Gasteiger partial charge on any atom is -0.477 e. The summed E-state index contributed by atoms with van der Waals surface area (Å²) in [6.07, 6.45) is 12.1. The van der Waals surface area contributed by atoms with Crippen LogP contribution >= 0.6 is 0 Å². The highest BCUT2D eigenvalue weighted by atomic mass is 16.4. The van der Waals surface area contributed by atoms with Gasteiger partial charge in [-0.25, -0.2) is 4.79 Å². The number of nitriles is 1. The summed E-state index contributed by atoms with van der Waals surface area (Å²) in [7, 11) is 0. The average Bonchev–Trinajstić information content (AvgIpc) is 3.11. The summed E-state index contributed by atoms with van der Waals surface area (Å²) in [6, 6.07) is 15.9. The van der Waals surface area contributed by atoms with E-state index in [0.717, 1.165) is 47.7 Å². The van der Waals surface area contributed by atoms with Gasteiger partial charge in [0.05, 0.1) is 0 Å². The highest BCUT2D eigenvalue weighted by molar-refractivity contribution is 6.09. The zero-order chi connectivity index (χ0) is 22.8. The van der Waals surface area contributed by atoms with Crippen molar-refractivity contribution in [3.63, 3.8) is 0 Å². The summed E-state index contributed by atoms with van der Waals surface area (Å²) >= 11 is 0. The number of carbonyl (C=O) groups is 1. The second-order valence-corrected chi connectivity index (χ2v) is 8.33. The van der Waals surface area contributed by atoms with Crippen LogP contribution in [-0.4, -0.2) is 27.4 Å². The Morgan fingerprint density at radius 2 is 1.50 bits per heavy atom. The fourth-order valence-corrected chi connectivity index (χ4v) is 4.33. The fraction of sp³-hybridized carbons (Fsp3) is 0.407. The Bertz CT molecular complexity index is 1120. The number of para-hydroxylation sites is 1. The summed E-state index contributed by atoms with van der Waals surface area (Å²) in [5.41, 5.74) is 2.78. The number of aliphatic hydroxyl groups excluding tert-OH is 1. The summed E-state index contributed by atoms with van der Waals surface area (Å²) in [4.78, 5) is 11.2. The molecule has 0 spiro atoms. The van der Waals surface area contributed by atoms with E-state index in [4.69, 9.17) is 15.5 Å². The first-order valence-electron chi connectivity index (χ1n) is 11.6. The molecule has 1 heterocycles. The van der Waals surface area contributed by atoms with Crippen molar-refractivity contribution in [2.45, 2.75) is 64.3 Å². The summed E-state index contributed by atoms with van der Waals surface area (Å²) in [5, 5.41) is 29.2. The van der Waals surface area contributed by atoms with Crippen molar-refractivity contribution in [2.75, 3.05) is 6.61 Å². The molecule has 32 heavy (non-hydrogen) atoms. The number of carboxylic acids is 1. The van der Waals surface area contributed by atoms with Crippen molar-refractivity contribution >= 4 is 33.9 Å². The van der Waals surface area contributed by atoms with Crippen molar-refractivity contribution < 1.29 is 15.0 Å². The molecular formula is C27H32N2O3. The molecule has 0 aliphatic rings. The Balaban J connectivity index is 1.67. The SMILES string of the molecule is N#C/C(=C/c1ccc2c(c1)c1ccccc1n2CCCCCCCCCCCO)C(=O)O. The summed E-state index contributed by atoms with van der Waals surface area (Å²) in [5.74, 6) is -1.21. The number of carboxylic acid groups (broad SMARTS) is 1. The lowest BCUT2D eigenvalue weighted by Crippen LogP contribution is -1.98. The number of aliphatic hydroxyl groups is 1. The van der Waals surface area contributed by atoms with E-state index < -0.39 is 5.97 Å². The molecule has 0 saturated heterocycles. The molecule has 1 aromatic heterocycles. The first-order chi connectivity index (χ1) is 15.7. The van der Waals surface area contributed by atoms with Crippen LogP contribution in [0.25, 0.3) is 27.9 Å². The van der Waals surface area contributed by atoms with Gasteiger partial charge < -0.3 is 14.8 Å². The van der Waals surface area contributed by atoms with Gasteiger partial charge in [0.15, 0.2) is 0 Å². The summed E-state index contributed by atoms with van der Waals surface area (Å²) in [6.45, 7) is 1.26. The number of nitrogens with zero attached hydrogens (tertiary/aromatic N) is 2. The molecule has 0 saturated carbocycles. The van der Waals surface area contributed by atoms with Crippen LogP contribution in [0.15, 0.2) is 48.0 Å². The number of rotatable bonds is 13. The first-order valence-corrected chi connectivity index (χ1v) is 11.6. The zero-order valence-corrected chi connectivity index (χ0v) is 18.6. The second-order valence-electron chi connectivity index (χ2n) is 8.33. The van der Waals surface area contributed by atoms with Crippen LogP contribution in [0.2, 0.25) is 0 Å². The molecule has 0 unspecified atom stereocenters. The average molecular weight is 433 g/mol. The van der Waals surface area contributed by atoms with Crippen LogP contribution in [0, 0.1) is 11.3 Å². The molecule has 2 aromatic carbocycles. The molecule has 0 aliphatic carbocycles. The van der Waals surface area contributed by atoms with E-state index in [-0.39, 0.29) is 5.57 Å². The maximum absolute atomic E-state index is 11.2.